The van der Waals surface area contributed by atoms with Crippen LogP contribution in [0.2, 0.25) is 0 Å². The van der Waals surface area contributed by atoms with Crippen molar-refractivity contribution >= 4 is 12.1 Å². The Kier molecular flexibility index (Phi) is 8.96. The molecule has 19 heavy (non-hydrogen) atoms. The van der Waals surface area contributed by atoms with Gasteiger partial charge in [-0.1, -0.05) is 5.16 Å². The fourth-order valence-corrected chi connectivity index (χ4v) is 1.06. The first-order valence-electron chi connectivity index (χ1n) is 5.65. The first-order chi connectivity index (χ1) is 8.93. The van der Waals surface area contributed by atoms with Gasteiger partial charge < -0.3 is 30.6 Å². The molecule has 5 N–H and O–H groups in total. The van der Waals surface area contributed by atoms with E-state index in [9.17, 15) is 19.4 Å². The Morgan fingerprint density at radius 3 is 2.58 bits per heavy atom. The maximum absolute atomic E-state index is 13.3. The normalized spacial score (nSPS) is 17.8. The van der Waals surface area contributed by atoms with E-state index >= 15 is 0 Å². The molecule has 4 atom stereocenters. The molecule has 0 aliphatic heterocycles. The first kappa shape index (κ1) is 17.7. The summed E-state index contributed by atoms with van der Waals surface area (Å²) >= 11 is 0. The fourth-order valence-electron chi connectivity index (χ4n) is 1.06. The number of nitrogens with zero attached hydrogens (tertiary/aromatic N) is 1. The van der Waals surface area contributed by atoms with Crippen LogP contribution in [0, 0.1) is 0 Å². The van der Waals surface area contributed by atoms with E-state index in [1.165, 1.54) is 0 Å². The van der Waals surface area contributed by atoms with Gasteiger partial charge in [0.05, 0.1) is 12.8 Å². The van der Waals surface area contributed by atoms with Gasteiger partial charge in [0.2, 0.25) is 0 Å². The second-order valence-electron chi connectivity index (χ2n) is 3.66. The molecule has 0 rings (SSSR count). The molecule has 112 valence electrons. The third-order valence-corrected chi connectivity index (χ3v) is 2.10. The highest BCUT2D eigenvalue weighted by Crippen LogP contribution is 2.06. The van der Waals surface area contributed by atoms with Crippen LogP contribution < -0.4 is 5.32 Å². The zero-order chi connectivity index (χ0) is 14.8. The van der Waals surface area contributed by atoms with Gasteiger partial charge in [-0.15, -0.1) is 0 Å². The van der Waals surface area contributed by atoms with Crippen molar-refractivity contribution in [3.05, 3.63) is 0 Å². The number of rotatable bonds is 9. The summed E-state index contributed by atoms with van der Waals surface area (Å²) in [5, 5.41) is 41.5. The molecule has 8 nitrogen and oxygen atoms in total. The van der Waals surface area contributed by atoms with Crippen molar-refractivity contribution in [2.75, 3.05) is 19.8 Å². The van der Waals surface area contributed by atoms with Crippen LogP contribution in [0.5, 0.6) is 0 Å². The summed E-state index contributed by atoms with van der Waals surface area (Å²) in [5.41, 5.74) is 0. The van der Waals surface area contributed by atoms with Crippen LogP contribution in [0.4, 0.5) is 4.39 Å². The van der Waals surface area contributed by atoms with Crippen molar-refractivity contribution in [1.29, 1.82) is 0 Å². The molecule has 0 aliphatic rings. The van der Waals surface area contributed by atoms with Gasteiger partial charge in [0.1, 0.15) is 18.3 Å². The number of aliphatic hydroxyl groups excluding tert-OH is 4. The predicted octanol–water partition coefficient (Wildman–Crippen LogP) is -2.46. The first-order valence-corrected chi connectivity index (χ1v) is 5.65. The van der Waals surface area contributed by atoms with E-state index in [-0.39, 0.29) is 0 Å². The van der Waals surface area contributed by atoms with Gasteiger partial charge in [-0.2, -0.15) is 0 Å². The molecule has 4 unspecified atom stereocenters. The average Bonchev–Trinajstić information content (AvgIpc) is 2.41. The Hall–Kier alpha value is -1.29. The molecule has 1 amide bonds. The molecule has 0 aromatic rings. The summed E-state index contributed by atoms with van der Waals surface area (Å²) in [6.07, 6.45) is -7.09. The number of nitrogens with one attached hydrogen (secondary N) is 1. The van der Waals surface area contributed by atoms with Crippen LogP contribution in [-0.4, -0.2) is 76.8 Å². The van der Waals surface area contributed by atoms with Gasteiger partial charge in [-0.3, -0.25) is 4.79 Å². The van der Waals surface area contributed by atoms with Gasteiger partial charge in [0.25, 0.3) is 5.91 Å². The van der Waals surface area contributed by atoms with Gasteiger partial charge in [-0.25, -0.2) is 4.39 Å². The molecule has 0 saturated heterocycles. The number of oxime groups is 1. The smallest absolute Gasteiger partial charge is 0.260 e. The van der Waals surface area contributed by atoms with Gasteiger partial charge in [0.15, 0.2) is 12.8 Å². The molecular formula is C10H19FN2O6. The maximum Gasteiger partial charge on any atom is 0.260 e. The molecule has 0 heterocycles. The molecule has 0 fully saturated rings. The Bertz CT molecular complexity index is 291. The van der Waals surface area contributed by atoms with Crippen molar-refractivity contribution in [1.82, 2.24) is 5.32 Å². The Balaban J connectivity index is 4.07. The monoisotopic (exact) mass is 282 g/mol. The van der Waals surface area contributed by atoms with Crippen molar-refractivity contribution < 1.29 is 34.4 Å². The van der Waals surface area contributed by atoms with Crippen molar-refractivity contribution in [2.24, 2.45) is 5.16 Å². The highest BCUT2D eigenvalue weighted by Gasteiger charge is 2.30. The lowest BCUT2D eigenvalue weighted by atomic mass is 10.1. The lowest BCUT2D eigenvalue weighted by Gasteiger charge is -2.22. The number of hydrogen-bond acceptors (Lipinski definition) is 7. The van der Waals surface area contributed by atoms with E-state index in [0.717, 1.165) is 0 Å². The summed E-state index contributed by atoms with van der Waals surface area (Å²) in [7, 11) is 0. The van der Waals surface area contributed by atoms with E-state index in [2.05, 4.69) is 15.3 Å². The van der Waals surface area contributed by atoms with E-state index in [1.54, 1.807) is 6.92 Å². The zero-order valence-corrected chi connectivity index (χ0v) is 10.4. The van der Waals surface area contributed by atoms with E-state index in [0.29, 0.717) is 12.8 Å². The van der Waals surface area contributed by atoms with Crippen molar-refractivity contribution in [3.63, 3.8) is 0 Å². The van der Waals surface area contributed by atoms with Crippen molar-refractivity contribution in [3.8, 4) is 0 Å². The summed E-state index contributed by atoms with van der Waals surface area (Å²) in [5.74, 6) is -0.439. The Labute approximate surface area is 109 Å². The number of aliphatic hydroxyl groups is 4. The molecule has 0 aromatic heterocycles. The average molecular weight is 282 g/mol. The number of likely N-dealkylation sites (N-methyl/N-ethyl adjacent to an activating group) is 1. The predicted molar refractivity (Wildman–Crippen MR) is 63.1 cm³/mol. The molecule has 0 saturated carbocycles. The minimum Gasteiger partial charge on any atom is -0.394 e. The highest BCUT2D eigenvalue weighted by atomic mass is 19.1. The van der Waals surface area contributed by atoms with Crippen LogP contribution in [0.1, 0.15) is 6.92 Å². The van der Waals surface area contributed by atoms with Crippen LogP contribution in [0.3, 0.4) is 0 Å². The molecule has 0 aromatic carbocycles. The lowest BCUT2D eigenvalue weighted by Crippen LogP contribution is -2.44. The Morgan fingerprint density at radius 1 is 1.42 bits per heavy atom. The molecular weight excluding hydrogens is 263 g/mol. The Morgan fingerprint density at radius 2 is 2.05 bits per heavy atom. The second kappa shape index (κ2) is 9.62. The number of carbonyl (C=O) groups is 1. The third-order valence-electron chi connectivity index (χ3n) is 2.10. The minimum atomic E-state index is -2.12. The maximum atomic E-state index is 13.3. The van der Waals surface area contributed by atoms with Gasteiger partial charge in [-0.05, 0) is 6.92 Å². The summed E-state index contributed by atoms with van der Waals surface area (Å²) in [6, 6.07) is 0. The minimum absolute atomic E-state index is 0.408. The topological polar surface area (TPSA) is 132 Å². The molecule has 0 spiro atoms. The van der Waals surface area contributed by atoms with E-state index in [4.69, 9.17) is 10.2 Å². The SMILES string of the molecule is CCNC(=O)CON=CC(F)C(O)C(O)C(O)CO. The molecule has 0 aliphatic carbocycles. The second-order valence-corrected chi connectivity index (χ2v) is 3.66. The molecule has 0 radical (unpaired) electrons. The van der Waals surface area contributed by atoms with E-state index in [1.807, 2.05) is 0 Å². The number of hydrogen-bond donors (Lipinski definition) is 5. The van der Waals surface area contributed by atoms with Crippen LogP contribution in [-0.2, 0) is 9.63 Å². The quantitative estimate of drug-likeness (QED) is 0.235. The number of halogens is 1. The lowest BCUT2D eigenvalue weighted by molar-refractivity contribution is -0.125. The summed E-state index contributed by atoms with van der Waals surface area (Å²) < 4.78 is 13.3. The fraction of sp³-hybridized carbons (Fsp3) is 0.800. The van der Waals surface area contributed by atoms with Crippen LogP contribution in [0.25, 0.3) is 0 Å². The van der Waals surface area contributed by atoms with Crippen LogP contribution in [0.15, 0.2) is 5.16 Å². The summed E-state index contributed by atoms with van der Waals surface area (Å²) in [6.45, 7) is 0.898. The zero-order valence-electron chi connectivity index (χ0n) is 10.4. The third kappa shape index (κ3) is 7.01. The number of amides is 1. The van der Waals surface area contributed by atoms with Gasteiger partial charge in [0, 0.05) is 6.54 Å². The molecule has 0 bridgehead atoms. The largest absolute Gasteiger partial charge is 0.394 e. The van der Waals surface area contributed by atoms with Crippen LogP contribution >= 0.6 is 0 Å². The number of alkyl halides is 1. The highest BCUT2D eigenvalue weighted by molar-refractivity contribution is 5.77. The van der Waals surface area contributed by atoms with Crippen molar-refractivity contribution in [2.45, 2.75) is 31.4 Å². The van der Waals surface area contributed by atoms with E-state index < -0.39 is 43.6 Å². The standard InChI is InChI=1S/C10H19FN2O6/c1-2-12-8(16)5-19-13-3-6(11)9(17)10(18)7(15)4-14/h3,6-7,9-10,14-15,17-18H,2,4-5H2,1H3,(H,12,16). The summed E-state index contributed by atoms with van der Waals surface area (Å²) in [4.78, 5) is 15.4. The molecule has 9 heteroatoms. The number of carbonyl (C=O) groups excluding carboxylic acids is 1. The van der Waals surface area contributed by atoms with Gasteiger partial charge >= 0.3 is 0 Å².